The number of nitrogens with one attached hydrogen (secondary N) is 2. The van der Waals surface area contributed by atoms with Crippen LogP contribution < -0.4 is 10.6 Å². The summed E-state index contributed by atoms with van der Waals surface area (Å²) in [4.78, 5) is 23.7. The van der Waals surface area contributed by atoms with Gasteiger partial charge >= 0.3 is 12.2 Å². The van der Waals surface area contributed by atoms with Crippen molar-refractivity contribution in [3.05, 3.63) is 36.8 Å². The predicted molar refractivity (Wildman–Crippen MR) is 121 cm³/mol. The van der Waals surface area contributed by atoms with Crippen LogP contribution in [-0.4, -0.2) is 61.5 Å². The number of hydrogen-bond acceptors (Lipinski definition) is 5. The minimum absolute atomic E-state index is 0.000207. The Kier molecular flexibility index (Phi) is 5.88. The lowest BCUT2D eigenvalue weighted by Gasteiger charge is -2.39. The monoisotopic (exact) mass is 473 g/mol. The van der Waals surface area contributed by atoms with Crippen molar-refractivity contribution in [2.24, 2.45) is 7.05 Å². The first kappa shape index (κ1) is 22.6. The summed E-state index contributed by atoms with van der Waals surface area (Å²) in [7, 11) is 1.86. The van der Waals surface area contributed by atoms with E-state index in [0.29, 0.717) is 18.4 Å². The van der Waals surface area contributed by atoms with Crippen molar-refractivity contribution in [2.45, 2.75) is 56.4 Å². The molecule has 2 amide bonds. The molecule has 34 heavy (non-hydrogen) atoms. The van der Waals surface area contributed by atoms with Gasteiger partial charge in [0.05, 0.1) is 18.1 Å². The van der Waals surface area contributed by atoms with E-state index in [1.165, 1.54) is 0 Å². The van der Waals surface area contributed by atoms with Crippen LogP contribution in [0.25, 0.3) is 22.0 Å². The summed E-state index contributed by atoms with van der Waals surface area (Å²) in [6.45, 7) is -0.0915. The Balaban J connectivity index is 1.25. The van der Waals surface area contributed by atoms with E-state index in [1.807, 2.05) is 36.3 Å². The van der Waals surface area contributed by atoms with Crippen LogP contribution in [0.5, 0.6) is 0 Å². The van der Waals surface area contributed by atoms with E-state index in [2.05, 4.69) is 25.7 Å². The van der Waals surface area contributed by atoms with Crippen LogP contribution in [0.15, 0.2) is 36.8 Å². The van der Waals surface area contributed by atoms with Crippen molar-refractivity contribution < 1.29 is 18.0 Å². The molecule has 180 valence electrons. The number of alkyl halides is 3. The molecule has 4 heterocycles. The highest BCUT2D eigenvalue weighted by Gasteiger charge is 2.43. The fraction of sp³-hybridized carbons (Fsp3) is 0.478. The number of aromatic nitrogens is 4. The molecule has 0 unspecified atom stereocenters. The van der Waals surface area contributed by atoms with Crippen LogP contribution in [0.2, 0.25) is 0 Å². The second-order valence-electron chi connectivity index (χ2n) is 9.08. The lowest BCUT2D eigenvalue weighted by molar-refractivity contribution is -0.133. The zero-order valence-corrected chi connectivity index (χ0v) is 18.7. The van der Waals surface area contributed by atoms with Gasteiger partial charge in [0.2, 0.25) is 5.95 Å². The van der Waals surface area contributed by atoms with Gasteiger partial charge in [0, 0.05) is 55.1 Å². The minimum Gasteiger partial charge on any atom is -0.318 e. The van der Waals surface area contributed by atoms with Gasteiger partial charge < -0.3 is 10.2 Å². The van der Waals surface area contributed by atoms with Crippen LogP contribution in [0.1, 0.15) is 32.1 Å². The quantitative estimate of drug-likeness (QED) is 0.583. The summed E-state index contributed by atoms with van der Waals surface area (Å²) in [5.41, 5.74) is 2.65. The molecule has 2 bridgehead atoms. The Morgan fingerprint density at radius 3 is 2.59 bits per heavy atom. The van der Waals surface area contributed by atoms with Crippen molar-refractivity contribution in [3.8, 4) is 11.1 Å². The minimum atomic E-state index is -4.16. The molecule has 2 aromatic heterocycles. The van der Waals surface area contributed by atoms with Crippen molar-refractivity contribution in [2.75, 3.05) is 11.9 Å². The fourth-order valence-corrected chi connectivity index (χ4v) is 5.09. The molecule has 0 spiro atoms. The molecule has 0 saturated carbocycles. The third-order valence-corrected chi connectivity index (χ3v) is 6.65. The maximum absolute atomic E-state index is 13.1. The number of benzene rings is 1. The Labute approximate surface area is 194 Å². The van der Waals surface area contributed by atoms with Gasteiger partial charge in [0.1, 0.15) is 0 Å². The molecule has 2 N–H and O–H groups in total. The Morgan fingerprint density at radius 1 is 1.15 bits per heavy atom. The van der Waals surface area contributed by atoms with Crippen molar-refractivity contribution in [3.63, 3.8) is 0 Å². The average Bonchev–Trinajstić information content (AvgIpc) is 3.33. The van der Waals surface area contributed by atoms with E-state index in [0.717, 1.165) is 29.4 Å². The van der Waals surface area contributed by atoms with E-state index in [4.69, 9.17) is 0 Å². The first-order chi connectivity index (χ1) is 16.2. The number of carbonyl (C=O) groups is 1. The molecule has 5 rings (SSSR count). The van der Waals surface area contributed by atoms with Gasteiger partial charge in [-0.3, -0.25) is 10.00 Å². The Bertz CT molecular complexity index is 1180. The molecular weight excluding hydrogens is 447 g/mol. The highest BCUT2D eigenvalue weighted by Crippen LogP contribution is 2.36. The fourth-order valence-electron chi connectivity index (χ4n) is 5.09. The van der Waals surface area contributed by atoms with E-state index >= 15 is 0 Å². The van der Waals surface area contributed by atoms with Gasteiger partial charge in [0.15, 0.2) is 0 Å². The van der Waals surface area contributed by atoms with Crippen LogP contribution in [0.3, 0.4) is 0 Å². The number of anilines is 1. The third-order valence-electron chi connectivity index (χ3n) is 6.65. The molecule has 2 fully saturated rings. The normalized spacial score (nSPS) is 22.4. The number of urea groups is 1. The maximum atomic E-state index is 13.1. The summed E-state index contributed by atoms with van der Waals surface area (Å²) in [5, 5.41) is 10.9. The summed E-state index contributed by atoms with van der Waals surface area (Å²) >= 11 is 0. The second-order valence-corrected chi connectivity index (χ2v) is 9.08. The summed E-state index contributed by atoms with van der Waals surface area (Å²) < 4.78 is 39.1. The molecule has 2 saturated heterocycles. The van der Waals surface area contributed by atoms with Crippen molar-refractivity contribution >= 4 is 22.9 Å². The van der Waals surface area contributed by atoms with E-state index in [9.17, 15) is 18.0 Å². The summed E-state index contributed by atoms with van der Waals surface area (Å²) in [5.74, 6) is 0.227. The lowest BCUT2D eigenvalue weighted by atomic mass is 9.97. The zero-order valence-electron chi connectivity index (χ0n) is 18.7. The van der Waals surface area contributed by atoms with Gasteiger partial charge in [-0.15, -0.1) is 0 Å². The highest BCUT2D eigenvalue weighted by molar-refractivity contribution is 5.90. The molecule has 0 aliphatic carbocycles. The number of amides is 2. The molecule has 2 aliphatic heterocycles. The SMILES string of the molecule is Cn1cc(-c2ccc3cnc(NC(=O)N4[C@@H]5CC[C@H]4C[C@H](NCCC(F)(F)F)C5)nc3c2)cn1. The highest BCUT2D eigenvalue weighted by atomic mass is 19.4. The van der Waals surface area contributed by atoms with Crippen LogP contribution >= 0.6 is 0 Å². The first-order valence-electron chi connectivity index (χ1n) is 11.4. The predicted octanol–water partition coefficient (Wildman–Crippen LogP) is 4.10. The molecule has 3 atom stereocenters. The summed E-state index contributed by atoms with van der Waals surface area (Å²) in [6.07, 6.45) is 3.37. The second kappa shape index (κ2) is 8.86. The first-order valence-corrected chi connectivity index (χ1v) is 11.4. The Hall–Kier alpha value is -3.21. The number of nitrogens with zero attached hydrogens (tertiary/aromatic N) is 5. The molecule has 0 radical (unpaired) electrons. The van der Waals surface area contributed by atoms with Gasteiger partial charge in [-0.25, -0.2) is 14.8 Å². The number of hydrogen-bond donors (Lipinski definition) is 2. The van der Waals surface area contributed by atoms with Gasteiger partial charge in [-0.1, -0.05) is 12.1 Å². The lowest BCUT2D eigenvalue weighted by Crippen LogP contribution is -2.53. The number of aryl methyl sites for hydroxylation is 1. The number of carbonyl (C=O) groups excluding carboxylic acids is 1. The number of piperidine rings is 1. The van der Waals surface area contributed by atoms with Gasteiger partial charge in [-0.05, 0) is 37.3 Å². The molecule has 11 heteroatoms. The van der Waals surface area contributed by atoms with Gasteiger partial charge in [-0.2, -0.15) is 18.3 Å². The number of fused-ring (bicyclic) bond motifs is 3. The van der Waals surface area contributed by atoms with Gasteiger partial charge in [0.25, 0.3) is 0 Å². The van der Waals surface area contributed by atoms with Crippen LogP contribution in [0.4, 0.5) is 23.9 Å². The van der Waals surface area contributed by atoms with Crippen LogP contribution in [-0.2, 0) is 7.05 Å². The number of halogens is 3. The van der Waals surface area contributed by atoms with Crippen molar-refractivity contribution in [1.29, 1.82) is 0 Å². The van der Waals surface area contributed by atoms with E-state index < -0.39 is 12.6 Å². The van der Waals surface area contributed by atoms with E-state index in [1.54, 1.807) is 17.1 Å². The van der Waals surface area contributed by atoms with E-state index in [-0.39, 0.29) is 36.6 Å². The molecular formula is C23H26F3N7O. The maximum Gasteiger partial charge on any atom is 0.390 e. The number of rotatable bonds is 5. The third kappa shape index (κ3) is 4.84. The van der Waals surface area contributed by atoms with Crippen molar-refractivity contribution in [1.82, 2.24) is 30.0 Å². The topological polar surface area (TPSA) is 88.0 Å². The average molecular weight is 474 g/mol. The zero-order chi connectivity index (χ0) is 23.9. The Morgan fingerprint density at radius 2 is 1.91 bits per heavy atom. The summed E-state index contributed by atoms with van der Waals surface area (Å²) in [6, 6.07) is 5.58. The molecule has 1 aromatic carbocycles. The molecule has 2 aliphatic rings. The molecule has 8 nitrogen and oxygen atoms in total. The van der Waals surface area contributed by atoms with Crippen LogP contribution in [0, 0.1) is 0 Å². The standard InChI is InChI=1S/C23H26F3N7O/c1-32-13-16(12-29-32)14-2-3-15-11-28-21(30-20(15)8-14)31-22(34)33-18-4-5-19(33)10-17(9-18)27-7-6-23(24,25)26/h2-3,8,11-13,17-19,27H,4-7,9-10H2,1H3,(H,28,30,31,34)/t17-,18-,19+. The smallest absolute Gasteiger partial charge is 0.318 e. The molecule has 3 aromatic rings. The largest absolute Gasteiger partial charge is 0.390 e.